The molecule has 3 heterocycles. The maximum atomic E-state index is 5.87. The van der Waals surface area contributed by atoms with Crippen LogP contribution in [-0.2, 0) is 6.54 Å². The third-order valence-corrected chi connectivity index (χ3v) is 5.61. The second kappa shape index (κ2) is 9.15. The van der Waals surface area contributed by atoms with Crippen LogP contribution >= 0.6 is 0 Å². The summed E-state index contributed by atoms with van der Waals surface area (Å²) in [4.78, 5) is 4.81. The first-order chi connectivity index (χ1) is 17.3. The average Bonchev–Trinajstić information content (AvgIpc) is 3.53. The Morgan fingerprint density at radius 1 is 0.743 bits per heavy atom. The maximum absolute atomic E-state index is 5.87. The number of anilines is 2. The molecule has 7 nitrogen and oxygen atoms in total. The summed E-state index contributed by atoms with van der Waals surface area (Å²) in [5.41, 5.74) is 4.78. The molecular weight excluding hydrogens is 436 g/mol. The normalized spacial score (nSPS) is 11.0. The highest BCUT2D eigenvalue weighted by Gasteiger charge is 2.12. The molecule has 0 aliphatic heterocycles. The van der Waals surface area contributed by atoms with Crippen molar-refractivity contribution >= 4 is 17.2 Å². The lowest BCUT2D eigenvalue weighted by Crippen LogP contribution is -1.99. The van der Waals surface area contributed by atoms with Crippen LogP contribution in [0.3, 0.4) is 0 Å². The molecule has 3 aromatic carbocycles. The largest absolute Gasteiger partial charge is 0.457 e. The third kappa shape index (κ3) is 4.60. The molecule has 0 radical (unpaired) electrons. The average molecular weight is 459 g/mol. The number of hydrogen-bond donors (Lipinski definition) is 1. The van der Waals surface area contributed by atoms with Crippen molar-refractivity contribution < 1.29 is 4.74 Å². The van der Waals surface area contributed by atoms with E-state index in [1.807, 2.05) is 108 Å². The monoisotopic (exact) mass is 458 g/mol. The van der Waals surface area contributed by atoms with Gasteiger partial charge in [0.1, 0.15) is 17.3 Å². The van der Waals surface area contributed by atoms with Gasteiger partial charge >= 0.3 is 0 Å². The second-order valence-electron chi connectivity index (χ2n) is 8.12. The molecule has 0 spiro atoms. The standard InChI is InChI=1S/C28H22N6O/c1-3-7-21(8-4-1)19-33-20-22(17-29-33)26-18-30-34-16-15-27(32-28(26)34)31-23-11-13-25(14-12-23)35-24-9-5-2-6-10-24/h1-18,20H,19H2,(H,31,32). The Kier molecular flexibility index (Phi) is 5.41. The molecule has 0 aliphatic carbocycles. The van der Waals surface area contributed by atoms with E-state index in [1.54, 1.807) is 4.52 Å². The fourth-order valence-electron chi connectivity index (χ4n) is 3.88. The number of fused-ring (bicyclic) bond motifs is 1. The van der Waals surface area contributed by atoms with Crippen LogP contribution in [0.4, 0.5) is 11.5 Å². The SMILES string of the molecule is c1ccc(Cn2cc(-c3cnn4ccc(Nc5ccc(Oc6ccccc6)cc5)nc34)cn2)cc1. The summed E-state index contributed by atoms with van der Waals surface area (Å²) in [5, 5.41) is 12.4. The van der Waals surface area contributed by atoms with Crippen LogP contribution in [0.15, 0.2) is 116 Å². The number of aromatic nitrogens is 5. The molecular formula is C28H22N6O. The molecule has 3 aromatic heterocycles. The third-order valence-electron chi connectivity index (χ3n) is 5.61. The minimum atomic E-state index is 0.713. The van der Waals surface area contributed by atoms with Crippen molar-refractivity contribution in [2.24, 2.45) is 0 Å². The summed E-state index contributed by atoms with van der Waals surface area (Å²) in [7, 11) is 0. The minimum Gasteiger partial charge on any atom is -0.457 e. The molecule has 0 unspecified atom stereocenters. The van der Waals surface area contributed by atoms with Crippen LogP contribution in [-0.4, -0.2) is 24.4 Å². The molecule has 7 heteroatoms. The van der Waals surface area contributed by atoms with E-state index in [0.29, 0.717) is 6.54 Å². The van der Waals surface area contributed by atoms with Gasteiger partial charge in [0.25, 0.3) is 0 Å². The zero-order chi connectivity index (χ0) is 23.5. The van der Waals surface area contributed by atoms with Gasteiger partial charge in [0.15, 0.2) is 5.65 Å². The first-order valence-electron chi connectivity index (χ1n) is 11.3. The Labute approximate surface area is 202 Å². The van der Waals surface area contributed by atoms with Gasteiger partial charge in [-0.2, -0.15) is 10.2 Å². The molecule has 0 atom stereocenters. The zero-order valence-electron chi connectivity index (χ0n) is 18.8. The Hall–Kier alpha value is -4.91. The van der Waals surface area contributed by atoms with Gasteiger partial charge in [-0.15, -0.1) is 0 Å². The smallest absolute Gasteiger partial charge is 0.165 e. The number of para-hydroxylation sites is 1. The van der Waals surface area contributed by atoms with Gasteiger partial charge in [0, 0.05) is 29.2 Å². The van der Waals surface area contributed by atoms with Crippen LogP contribution in [0.1, 0.15) is 5.56 Å². The molecule has 1 N–H and O–H groups in total. The number of hydrogen-bond acceptors (Lipinski definition) is 5. The lowest BCUT2D eigenvalue weighted by Gasteiger charge is -2.09. The van der Waals surface area contributed by atoms with Gasteiger partial charge in [-0.3, -0.25) is 4.68 Å². The quantitative estimate of drug-likeness (QED) is 0.309. The Morgan fingerprint density at radius 2 is 1.49 bits per heavy atom. The second-order valence-corrected chi connectivity index (χ2v) is 8.12. The molecule has 0 saturated carbocycles. The highest BCUT2D eigenvalue weighted by atomic mass is 16.5. The van der Waals surface area contributed by atoms with Crippen molar-refractivity contribution in [2.45, 2.75) is 6.54 Å². The molecule has 0 bridgehead atoms. The highest BCUT2D eigenvalue weighted by Crippen LogP contribution is 2.26. The Morgan fingerprint density at radius 3 is 2.29 bits per heavy atom. The van der Waals surface area contributed by atoms with Crippen molar-refractivity contribution in [3.8, 4) is 22.6 Å². The van der Waals surface area contributed by atoms with E-state index >= 15 is 0 Å². The highest BCUT2D eigenvalue weighted by molar-refractivity contribution is 5.77. The van der Waals surface area contributed by atoms with E-state index in [9.17, 15) is 0 Å². The van der Waals surface area contributed by atoms with Gasteiger partial charge in [-0.25, -0.2) is 9.50 Å². The molecule has 35 heavy (non-hydrogen) atoms. The summed E-state index contributed by atoms with van der Waals surface area (Å²) in [5.74, 6) is 2.31. The van der Waals surface area contributed by atoms with Crippen molar-refractivity contribution in [1.82, 2.24) is 24.4 Å². The van der Waals surface area contributed by atoms with Crippen molar-refractivity contribution in [3.63, 3.8) is 0 Å². The summed E-state index contributed by atoms with van der Waals surface area (Å²) in [6.07, 6.45) is 7.60. The Bertz CT molecular complexity index is 1560. The van der Waals surface area contributed by atoms with Crippen LogP contribution < -0.4 is 10.1 Å². The molecule has 0 aliphatic rings. The Balaban J connectivity index is 1.20. The molecule has 6 aromatic rings. The van der Waals surface area contributed by atoms with E-state index in [1.165, 1.54) is 5.56 Å². The molecule has 0 saturated heterocycles. The number of nitrogens with one attached hydrogen (secondary N) is 1. The van der Waals surface area contributed by atoms with E-state index in [-0.39, 0.29) is 0 Å². The molecule has 0 fully saturated rings. The molecule has 170 valence electrons. The summed E-state index contributed by atoms with van der Waals surface area (Å²) < 4.78 is 9.57. The number of ether oxygens (including phenoxy) is 1. The predicted octanol–water partition coefficient (Wildman–Crippen LogP) is 6.18. The lowest BCUT2D eigenvalue weighted by atomic mass is 10.2. The van der Waals surface area contributed by atoms with Gasteiger partial charge < -0.3 is 10.1 Å². The van der Waals surface area contributed by atoms with E-state index in [4.69, 9.17) is 9.72 Å². The number of nitrogens with zero attached hydrogens (tertiary/aromatic N) is 5. The van der Waals surface area contributed by atoms with Crippen molar-refractivity contribution in [2.75, 3.05) is 5.32 Å². The van der Waals surface area contributed by atoms with Gasteiger partial charge in [-0.05, 0) is 48.0 Å². The van der Waals surface area contributed by atoms with Crippen LogP contribution in [0, 0.1) is 0 Å². The van der Waals surface area contributed by atoms with E-state index < -0.39 is 0 Å². The maximum Gasteiger partial charge on any atom is 0.165 e. The fraction of sp³-hybridized carbons (Fsp3) is 0.0357. The van der Waals surface area contributed by atoms with Crippen LogP contribution in [0.2, 0.25) is 0 Å². The van der Waals surface area contributed by atoms with Crippen molar-refractivity contribution in [1.29, 1.82) is 0 Å². The minimum absolute atomic E-state index is 0.713. The molecule has 6 rings (SSSR count). The first kappa shape index (κ1) is 20.7. The number of rotatable bonds is 7. The van der Waals surface area contributed by atoms with E-state index in [0.717, 1.165) is 39.8 Å². The van der Waals surface area contributed by atoms with Gasteiger partial charge in [-0.1, -0.05) is 48.5 Å². The summed E-state index contributed by atoms with van der Waals surface area (Å²) in [6, 6.07) is 29.7. The van der Waals surface area contributed by atoms with Crippen molar-refractivity contribution in [3.05, 3.63) is 121 Å². The summed E-state index contributed by atoms with van der Waals surface area (Å²) in [6.45, 7) is 0.713. The fourth-order valence-corrected chi connectivity index (χ4v) is 3.88. The van der Waals surface area contributed by atoms with Gasteiger partial charge in [0.05, 0.1) is 18.9 Å². The lowest BCUT2D eigenvalue weighted by molar-refractivity contribution is 0.483. The number of benzene rings is 3. The van der Waals surface area contributed by atoms with Gasteiger partial charge in [0.2, 0.25) is 0 Å². The topological polar surface area (TPSA) is 69.3 Å². The predicted molar refractivity (Wildman–Crippen MR) is 136 cm³/mol. The van der Waals surface area contributed by atoms with Crippen LogP contribution in [0.25, 0.3) is 16.8 Å². The molecule has 0 amide bonds. The zero-order valence-corrected chi connectivity index (χ0v) is 18.8. The van der Waals surface area contributed by atoms with Crippen LogP contribution in [0.5, 0.6) is 11.5 Å². The first-order valence-corrected chi connectivity index (χ1v) is 11.3. The summed E-state index contributed by atoms with van der Waals surface area (Å²) >= 11 is 0. The van der Waals surface area contributed by atoms with E-state index in [2.05, 4.69) is 27.6 Å².